The third-order valence-electron chi connectivity index (χ3n) is 10.9. The SMILES string of the molecule is C1=Cc2cc(-c3cc4oc5cc6c(cc5c4c4c3oc3ccccc34)oc3cc(-c4cc5ccccc5o4)c4oc5ccccc5c4c36)oc2CC1. The fourth-order valence-electron chi connectivity index (χ4n) is 8.62. The summed E-state index contributed by atoms with van der Waals surface area (Å²) in [5.74, 6) is 2.50. The van der Waals surface area contributed by atoms with E-state index in [2.05, 4.69) is 60.7 Å². The first kappa shape index (κ1) is 26.9. The molecule has 0 amide bonds. The van der Waals surface area contributed by atoms with E-state index >= 15 is 0 Å². The van der Waals surface area contributed by atoms with Gasteiger partial charge >= 0.3 is 0 Å². The summed E-state index contributed by atoms with van der Waals surface area (Å²) >= 11 is 0. The molecular weight excluding hydrogens is 649 g/mol. The summed E-state index contributed by atoms with van der Waals surface area (Å²) in [6.07, 6.45) is 6.19. The topological polar surface area (TPSA) is 78.8 Å². The Hall–Kier alpha value is -6.92. The quantitative estimate of drug-likeness (QED) is 0.182. The molecule has 0 spiro atoms. The molecule has 0 N–H and O–H groups in total. The number of hydrogen-bond acceptors (Lipinski definition) is 6. The van der Waals surface area contributed by atoms with Gasteiger partial charge in [-0.1, -0.05) is 66.7 Å². The minimum Gasteiger partial charge on any atom is -0.460 e. The van der Waals surface area contributed by atoms with Crippen LogP contribution in [0, 0.1) is 0 Å². The second-order valence-corrected chi connectivity index (χ2v) is 13.8. The van der Waals surface area contributed by atoms with Crippen LogP contribution in [0.3, 0.4) is 0 Å². The number of aryl methyl sites for hydroxylation is 1. The molecule has 12 aromatic rings. The highest BCUT2D eigenvalue weighted by molar-refractivity contribution is 6.32. The van der Waals surface area contributed by atoms with E-state index in [-0.39, 0.29) is 0 Å². The van der Waals surface area contributed by atoms with Gasteiger partial charge in [-0.25, -0.2) is 0 Å². The van der Waals surface area contributed by atoms with Crippen LogP contribution in [0.15, 0.2) is 142 Å². The highest BCUT2D eigenvalue weighted by Gasteiger charge is 2.26. The molecule has 52 heavy (non-hydrogen) atoms. The van der Waals surface area contributed by atoms with Crippen molar-refractivity contribution in [3.8, 4) is 22.6 Å². The molecule has 1 aliphatic rings. The second kappa shape index (κ2) is 9.44. The zero-order chi connectivity index (χ0) is 33.7. The third-order valence-corrected chi connectivity index (χ3v) is 10.9. The van der Waals surface area contributed by atoms with Crippen molar-refractivity contribution in [3.05, 3.63) is 127 Å². The molecule has 0 radical (unpaired) electrons. The van der Waals surface area contributed by atoms with Crippen molar-refractivity contribution in [2.45, 2.75) is 12.8 Å². The van der Waals surface area contributed by atoms with E-state index in [0.29, 0.717) is 0 Å². The van der Waals surface area contributed by atoms with Gasteiger partial charge in [0.05, 0.1) is 11.1 Å². The van der Waals surface area contributed by atoms with Crippen LogP contribution in [0.2, 0.25) is 0 Å². The molecule has 6 nitrogen and oxygen atoms in total. The molecule has 0 saturated carbocycles. The molecule has 0 aliphatic heterocycles. The summed E-state index contributed by atoms with van der Waals surface area (Å²) in [7, 11) is 0. The number of hydrogen-bond donors (Lipinski definition) is 0. The van der Waals surface area contributed by atoms with Gasteiger partial charge < -0.3 is 26.5 Å². The minimum absolute atomic E-state index is 0.728. The van der Waals surface area contributed by atoms with E-state index in [1.807, 2.05) is 60.7 Å². The number of allylic oxidation sites excluding steroid dienone is 1. The van der Waals surface area contributed by atoms with Crippen LogP contribution in [-0.2, 0) is 6.42 Å². The van der Waals surface area contributed by atoms with E-state index in [0.717, 1.165) is 146 Å². The van der Waals surface area contributed by atoms with E-state index in [1.54, 1.807) is 0 Å². The van der Waals surface area contributed by atoms with Crippen LogP contribution < -0.4 is 0 Å². The maximum absolute atomic E-state index is 6.80. The molecule has 6 heterocycles. The van der Waals surface area contributed by atoms with Gasteiger partial charge in [-0.15, -0.1) is 0 Å². The van der Waals surface area contributed by atoms with Gasteiger partial charge in [0.25, 0.3) is 0 Å². The molecule has 1 aliphatic carbocycles. The Morgan fingerprint density at radius 2 is 0.981 bits per heavy atom. The number of para-hydroxylation sites is 3. The number of furan rings is 6. The molecule has 0 unspecified atom stereocenters. The second-order valence-electron chi connectivity index (χ2n) is 13.8. The summed E-state index contributed by atoms with van der Waals surface area (Å²) in [6, 6.07) is 36.9. The van der Waals surface area contributed by atoms with Crippen molar-refractivity contribution < 1.29 is 26.5 Å². The smallest absolute Gasteiger partial charge is 0.147 e. The molecule has 6 aromatic carbocycles. The van der Waals surface area contributed by atoms with Gasteiger partial charge in [0, 0.05) is 60.5 Å². The Morgan fingerprint density at radius 3 is 1.60 bits per heavy atom. The van der Waals surface area contributed by atoms with Crippen molar-refractivity contribution in [1.29, 1.82) is 0 Å². The molecule has 0 saturated heterocycles. The summed E-state index contributed by atoms with van der Waals surface area (Å²) in [5.41, 5.74) is 9.84. The molecule has 13 rings (SSSR count). The molecular formula is C46H24O6. The van der Waals surface area contributed by atoms with Crippen LogP contribution in [0.4, 0.5) is 0 Å². The third kappa shape index (κ3) is 3.43. The fraction of sp³-hybridized carbons (Fsp3) is 0.0435. The highest BCUT2D eigenvalue weighted by atomic mass is 16.4. The highest BCUT2D eigenvalue weighted by Crippen LogP contribution is 2.49. The standard InChI is InChI=1S/C46H24O6/c1-5-13-31-23(9-1)17-35(47-31)29-21-39-41(43-25-11-3-7-15-33(25)51-45(29)43)27-19-38-28(20-37(27)49-39)42-40(50-38)22-30(36-18-24-10-2-6-14-32(24)48-36)46-44(42)26-12-4-8-16-34(26)52-46/h1-5,7-13,15-22H,6,14H2. The first-order valence-corrected chi connectivity index (χ1v) is 17.5. The summed E-state index contributed by atoms with van der Waals surface area (Å²) in [6.45, 7) is 0. The van der Waals surface area contributed by atoms with Crippen LogP contribution in [0.25, 0.3) is 127 Å². The molecule has 0 bridgehead atoms. The fourth-order valence-corrected chi connectivity index (χ4v) is 8.62. The molecule has 0 atom stereocenters. The minimum atomic E-state index is 0.728. The number of benzene rings is 6. The lowest BCUT2D eigenvalue weighted by Gasteiger charge is -2.02. The van der Waals surface area contributed by atoms with Crippen molar-refractivity contribution in [2.75, 3.05) is 0 Å². The summed E-state index contributed by atoms with van der Waals surface area (Å²) in [5, 5.41) is 8.92. The lowest BCUT2D eigenvalue weighted by atomic mass is 9.99. The van der Waals surface area contributed by atoms with E-state index in [1.165, 1.54) is 0 Å². The van der Waals surface area contributed by atoms with Crippen LogP contribution in [0.5, 0.6) is 0 Å². The summed E-state index contributed by atoms with van der Waals surface area (Å²) < 4.78 is 39.7. The van der Waals surface area contributed by atoms with E-state index in [9.17, 15) is 0 Å². The normalized spacial score (nSPS) is 13.5. The Morgan fingerprint density at radius 1 is 0.404 bits per heavy atom. The number of rotatable bonds is 2. The molecule has 6 aromatic heterocycles. The molecule has 6 heteroatoms. The Bertz CT molecular complexity index is 3500. The van der Waals surface area contributed by atoms with E-state index < -0.39 is 0 Å². The largest absolute Gasteiger partial charge is 0.460 e. The Balaban J connectivity index is 1.14. The Labute approximate surface area is 292 Å². The number of fused-ring (bicyclic) bond motifs is 16. The van der Waals surface area contributed by atoms with Crippen molar-refractivity contribution >= 4 is 105 Å². The van der Waals surface area contributed by atoms with Crippen LogP contribution >= 0.6 is 0 Å². The zero-order valence-electron chi connectivity index (χ0n) is 27.4. The predicted molar refractivity (Wildman–Crippen MR) is 206 cm³/mol. The van der Waals surface area contributed by atoms with Gasteiger partial charge in [-0.3, -0.25) is 0 Å². The zero-order valence-corrected chi connectivity index (χ0v) is 27.4. The maximum atomic E-state index is 6.80. The lowest BCUT2D eigenvalue weighted by Crippen LogP contribution is -1.87. The average molecular weight is 673 g/mol. The van der Waals surface area contributed by atoms with Gasteiger partial charge in [0.15, 0.2) is 0 Å². The van der Waals surface area contributed by atoms with Gasteiger partial charge in [-0.2, -0.15) is 0 Å². The molecule has 244 valence electrons. The maximum Gasteiger partial charge on any atom is 0.147 e. The van der Waals surface area contributed by atoms with Crippen LogP contribution in [0.1, 0.15) is 17.7 Å². The van der Waals surface area contributed by atoms with Crippen LogP contribution in [-0.4, -0.2) is 0 Å². The first-order valence-electron chi connectivity index (χ1n) is 17.5. The summed E-state index contributed by atoms with van der Waals surface area (Å²) in [4.78, 5) is 0. The van der Waals surface area contributed by atoms with Crippen molar-refractivity contribution in [2.24, 2.45) is 0 Å². The molecule has 0 fully saturated rings. The lowest BCUT2D eigenvalue weighted by molar-refractivity contribution is 0.519. The monoisotopic (exact) mass is 672 g/mol. The van der Waals surface area contributed by atoms with Crippen molar-refractivity contribution in [3.63, 3.8) is 0 Å². The average Bonchev–Trinajstić information content (AvgIpc) is 4.02. The van der Waals surface area contributed by atoms with Gasteiger partial charge in [-0.05, 0) is 61.0 Å². The van der Waals surface area contributed by atoms with Gasteiger partial charge in [0.1, 0.15) is 67.5 Å². The first-order chi connectivity index (χ1) is 25.7. The predicted octanol–water partition coefficient (Wildman–Crippen LogP) is 13.9. The van der Waals surface area contributed by atoms with Gasteiger partial charge in [0.2, 0.25) is 0 Å². The van der Waals surface area contributed by atoms with E-state index in [4.69, 9.17) is 26.5 Å². The Kier molecular flexibility index (Phi) is 4.88. The van der Waals surface area contributed by atoms with Crippen molar-refractivity contribution in [1.82, 2.24) is 0 Å².